The zero-order valence-corrected chi connectivity index (χ0v) is 11.8. The maximum atomic E-state index is 5.08. The van der Waals surface area contributed by atoms with Gasteiger partial charge in [0.1, 0.15) is 5.82 Å². The van der Waals surface area contributed by atoms with Crippen LogP contribution in [0.5, 0.6) is 0 Å². The maximum Gasteiger partial charge on any atom is 0.203 e. The Kier molecular flexibility index (Phi) is 4.57. The summed E-state index contributed by atoms with van der Waals surface area (Å²) in [6.45, 7) is 4.33. The minimum absolute atomic E-state index is 0.671. The fraction of sp³-hybridized carbons (Fsp3) is 0.538. The molecule has 1 N–H and O–H groups in total. The number of rotatable bonds is 7. The van der Waals surface area contributed by atoms with E-state index in [1.54, 1.807) is 13.3 Å². The van der Waals surface area contributed by atoms with Crippen LogP contribution in [0.4, 0.5) is 5.95 Å². The second-order valence-electron chi connectivity index (χ2n) is 4.55. The molecule has 0 saturated heterocycles. The van der Waals surface area contributed by atoms with Gasteiger partial charge in [-0.25, -0.2) is 9.97 Å². The Morgan fingerprint density at radius 2 is 2.26 bits per heavy atom. The van der Waals surface area contributed by atoms with E-state index in [4.69, 9.17) is 4.74 Å². The lowest BCUT2D eigenvalue weighted by atomic mass is 10.4. The first-order chi connectivity index (χ1) is 9.20. The molecule has 6 nitrogen and oxygen atoms in total. The van der Waals surface area contributed by atoms with Crippen LogP contribution >= 0.6 is 0 Å². The summed E-state index contributed by atoms with van der Waals surface area (Å²) in [5, 5.41) is 3.33. The Hall–Kier alpha value is -1.82. The van der Waals surface area contributed by atoms with E-state index >= 15 is 0 Å². The number of hydrogen-bond donors (Lipinski definition) is 1. The molecule has 0 unspecified atom stereocenters. The molecule has 0 aliphatic heterocycles. The van der Waals surface area contributed by atoms with E-state index in [2.05, 4.69) is 26.0 Å². The minimum Gasteiger partial charge on any atom is -0.385 e. The Bertz CT molecular complexity index is 517. The third-order valence-corrected chi connectivity index (χ3v) is 2.97. The van der Waals surface area contributed by atoms with Gasteiger partial charge in [0.2, 0.25) is 5.95 Å². The van der Waals surface area contributed by atoms with Gasteiger partial charge in [0.25, 0.3) is 0 Å². The normalized spacial score (nSPS) is 10.9. The van der Waals surface area contributed by atoms with Crippen LogP contribution in [-0.4, -0.2) is 32.8 Å². The van der Waals surface area contributed by atoms with E-state index < -0.39 is 0 Å². The molecule has 104 valence electrons. The fourth-order valence-corrected chi connectivity index (χ4v) is 1.96. The molecule has 0 fully saturated rings. The molecule has 2 aromatic heterocycles. The number of hydrogen-bond acceptors (Lipinski definition) is 4. The van der Waals surface area contributed by atoms with Crippen LogP contribution in [-0.2, 0) is 24.9 Å². The predicted molar refractivity (Wildman–Crippen MR) is 74.0 cm³/mol. The number of aromatic nitrogens is 4. The third kappa shape index (κ3) is 3.57. The summed E-state index contributed by atoms with van der Waals surface area (Å²) >= 11 is 0. The standard InChI is InChI=1S/C13H21N5O/c1-11-10-18(6-4-8-19-3)13(16-11)15-9-12-14-5-7-17(12)2/h5,7,10H,4,6,8-9H2,1-3H3,(H,15,16). The first-order valence-corrected chi connectivity index (χ1v) is 6.43. The first-order valence-electron chi connectivity index (χ1n) is 6.43. The molecule has 2 aromatic rings. The molecule has 0 spiro atoms. The van der Waals surface area contributed by atoms with E-state index in [-0.39, 0.29) is 0 Å². The van der Waals surface area contributed by atoms with E-state index in [0.29, 0.717) is 6.54 Å². The lowest BCUT2D eigenvalue weighted by Crippen LogP contribution is -2.11. The van der Waals surface area contributed by atoms with Gasteiger partial charge in [0.15, 0.2) is 0 Å². The van der Waals surface area contributed by atoms with Gasteiger partial charge < -0.3 is 19.2 Å². The Labute approximate surface area is 113 Å². The number of ether oxygens (including phenoxy) is 1. The number of anilines is 1. The van der Waals surface area contributed by atoms with Gasteiger partial charge in [-0.15, -0.1) is 0 Å². The molecular formula is C13H21N5O. The van der Waals surface area contributed by atoms with Crippen LogP contribution in [0, 0.1) is 6.92 Å². The van der Waals surface area contributed by atoms with Crippen LogP contribution in [0.2, 0.25) is 0 Å². The number of nitrogens with one attached hydrogen (secondary N) is 1. The molecule has 6 heteroatoms. The average Bonchev–Trinajstić information content (AvgIpc) is 2.94. The van der Waals surface area contributed by atoms with Gasteiger partial charge in [-0.2, -0.15) is 0 Å². The summed E-state index contributed by atoms with van der Waals surface area (Å²) in [5.74, 6) is 1.88. The monoisotopic (exact) mass is 263 g/mol. The summed E-state index contributed by atoms with van der Waals surface area (Å²) in [6, 6.07) is 0. The van der Waals surface area contributed by atoms with Crippen LogP contribution in [0.15, 0.2) is 18.6 Å². The second kappa shape index (κ2) is 6.38. The predicted octanol–water partition coefficient (Wildman–Crippen LogP) is 1.57. The molecule has 0 radical (unpaired) electrons. The summed E-state index contributed by atoms with van der Waals surface area (Å²) < 4.78 is 9.20. The van der Waals surface area contributed by atoms with Crippen molar-refractivity contribution in [1.29, 1.82) is 0 Å². The van der Waals surface area contributed by atoms with Crippen molar-refractivity contribution >= 4 is 5.95 Å². The van der Waals surface area contributed by atoms with E-state index in [1.807, 2.05) is 24.7 Å². The fourth-order valence-electron chi connectivity index (χ4n) is 1.96. The van der Waals surface area contributed by atoms with E-state index in [1.165, 1.54) is 0 Å². The molecule has 0 aliphatic rings. The minimum atomic E-state index is 0.671. The van der Waals surface area contributed by atoms with Crippen molar-refractivity contribution in [2.75, 3.05) is 19.0 Å². The van der Waals surface area contributed by atoms with Crippen molar-refractivity contribution in [3.8, 4) is 0 Å². The molecule has 0 aliphatic carbocycles. The van der Waals surface area contributed by atoms with Crippen molar-refractivity contribution in [3.63, 3.8) is 0 Å². The topological polar surface area (TPSA) is 56.9 Å². The SMILES string of the molecule is COCCCn1cc(C)nc1NCc1nccn1C. The highest BCUT2D eigenvalue weighted by Gasteiger charge is 2.06. The van der Waals surface area contributed by atoms with Crippen LogP contribution in [0.1, 0.15) is 17.9 Å². The summed E-state index contributed by atoms with van der Waals surface area (Å²) in [6.07, 6.45) is 6.76. The Balaban J connectivity index is 1.97. The zero-order valence-electron chi connectivity index (χ0n) is 11.8. The Morgan fingerprint density at radius 1 is 1.42 bits per heavy atom. The van der Waals surface area contributed by atoms with Crippen molar-refractivity contribution in [1.82, 2.24) is 19.1 Å². The molecular weight excluding hydrogens is 242 g/mol. The van der Waals surface area contributed by atoms with Crippen LogP contribution in [0.3, 0.4) is 0 Å². The van der Waals surface area contributed by atoms with Gasteiger partial charge in [0.05, 0.1) is 12.2 Å². The molecule has 0 aromatic carbocycles. The summed E-state index contributed by atoms with van der Waals surface area (Å²) in [4.78, 5) is 8.78. The highest BCUT2D eigenvalue weighted by atomic mass is 16.5. The van der Waals surface area contributed by atoms with E-state index in [0.717, 1.165) is 37.0 Å². The van der Waals surface area contributed by atoms with Crippen molar-refractivity contribution < 1.29 is 4.74 Å². The number of imidazole rings is 2. The van der Waals surface area contributed by atoms with Crippen LogP contribution in [0.25, 0.3) is 0 Å². The van der Waals surface area contributed by atoms with Crippen molar-refractivity contribution in [3.05, 3.63) is 30.1 Å². The lowest BCUT2D eigenvalue weighted by molar-refractivity contribution is 0.190. The number of methoxy groups -OCH3 is 1. The second-order valence-corrected chi connectivity index (χ2v) is 4.55. The number of nitrogens with zero attached hydrogens (tertiary/aromatic N) is 4. The smallest absolute Gasteiger partial charge is 0.203 e. The van der Waals surface area contributed by atoms with Crippen molar-refractivity contribution in [2.45, 2.75) is 26.4 Å². The van der Waals surface area contributed by atoms with Crippen LogP contribution < -0.4 is 5.32 Å². The lowest BCUT2D eigenvalue weighted by Gasteiger charge is -2.09. The molecule has 0 atom stereocenters. The molecule has 0 amide bonds. The zero-order chi connectivity index (χ0) is 13.7. The molecule has 2 rings (SSSR count). The number of aryl methyl sites for hydroxylation is 3. The highest BCUT2D eigenvalue weighted by molar-refractivity contribution is 5.29. The van der Waals surface area contributed by atoms with Crippen molar-refractivity contribution in [2.24, 2.45) is 7.05 Å². The van der Waals surface area contributed by atoms with Gasteiger partial charge in [-0.05, 0) is 13.3 Å². The largest absolute Gasteiger partial charge is 0.385 e. The molecule has 2 heterocycles. The molecule has 19 heavy (non-hydrogen) atoms. The van der Waals surface area contributed by atoms with Gasteiger partial charge in [-0.1, -0.05) is 0 Å². The highest BCUT2D eigenvalue weighted by Crippen LogP contribution is 2.10. The van der Waals surface area contributed by atoms with Gasteiger partial charge >= 0.3 is 0 Å². The summed E-state index contributed by atoms with van der Waals surface area (Å²) in [7, 11) is 3.71. The molecule has 0 bridgehead atoms. The first kappa shape index (κ1) is 13.6. The summed E-state index contributed by atoms with van der Waals surface area (Å²) in [5.41, 5.74) is 1.01. The average molecular weight is 263 g/mol. The van der Waals surface area contributed by atoms with E-state index in [9.17, 15) is 0 Å². The third-order valence-electron chi connectivity index (χ3n) is 2.97. The van der Waals surface area contributed by atoms with Gasteiger partial charge in [-0.3, -0.25) is 0 Å². The van der Waals surface area contributed by atoms with Gasteiger partial charge in [0, 0.05) is 45.9 Å². The molecule has 0 saturated carbocycles. The quantitative estimate of drug-likeness (QED) is 0.770. The Morgan fingerprint density at radius 3 is 2.95 bits per heavy atom. The maximum absolute atomic E-state index is 5.08.